The van der Waals surface area contributed by atoms with E-state index < -0.39 is 0 Å². The van der Waals surface area contributed by atoms with Crippen LogP contribution in [0.15, 0.2) is 24.3 Å². The molecule has 0 bridgehead atoms. The van der Waals surface area contributed by atoms with E-state index in [-0.39, 0.29) is 6.04 Å². The van der Waals surface area contributed by atoms with Gasteiger partial charge in [0.1, 0.15) is 0 Å². The Morgan fingerprint density at radius 1 is 1.21 bits per heavy atom. The Hall–Kier alpha value is -1.35. The molecule has 19 heavy (non-hydrogen) atoms. The quantitative estimate of drug-likeness (QED) is 0.840. The normalized spacial score (nSPS) is 12.4. The van der Waals surface area contributed by atoms with Crippen LogP contribution in [0, 0.1) is 13.8 Å². The van der Waals surface area contributed by atoms with Crippen molar-refractivity contribution in [1.29, 1.82) is 0 Å². The molecule has 1 aromatic heterocycles. The van der Waals surface area contributed by atoms with E-state index in [1.165, 1.54) is 22.6 Å². The second kappa shape index (κ2) is 6.20. The third-order valence-corrected chi connectivity index (χ3v) is 4.13. The number of nitrogens with zero attached hydrogens (tertiary/aromatic N) is 1. The first-order chi connectivity index (χ1) is 9.10. The highest BCUT2D eigenvalue weighted by atomic mass is 32.1. The van der Waals surface area contributed by atoms with E-state index in [1.54, 1.807) is 11.3 Å². The minimum absolute atomic E-state index is 0.252. The average Bonchev–Trinajstić information content (AvgIpc) is 2.71. The Bertz CT molecular complexity index is 528. The third kappa shape index (κ3) is 3.57. The Balaban J connectivity index is 2.06. The summed E-state index contributed by atoms with van der Waals surface area (Å²) in [6.07, 6.45) is 2.35. The van der Waals surface area contributed by atoms with Crippen molar-refractivity contribution in [2.24, 2.45) is 0 Å². The number of hydrogen-bond acceptors (Lipinski definition) is 3. The van der Waals surface area contributed by atoms with Crippen LogP contribution >= 0.6 is 11.3 Å². The van der Waals surface area contributed by atoms with Crippen LogP contribution in [0.25, 0.3) is 0 Å². The molecular formula is C16H22N2S. The zero-order chi connectivity index (χ0) is 13.8. The van der Waals surface area contributed by atoms with Crippen molar-refractivity contribution in [3.8, 4) is 0 Å². The molecule has 0 aliphatic carbocycles. The molecule has 0 aliphatic rings. The van der Waals surface area contributed by atoms with Crippen LogP contribution in [0.4, 0.5) is 5.69 Å². The molecule has 0 spiro atoms. The number of rotatable bonds is 5. The second-order valence-corrected chi connectivity index (χ2v) is 6.39. The summed E-state index contributed by atoms with van der Waals surface area (Å²) in [5, 5.41) is 4.66. The van der Waals surface area contributed by atoms with Gasteiger partial charge in [0.05, 0.1) is 16.7 Å². The van der Waals surface area contributed by atoms with Crippen LogP contribution in [-0.4, -0.2) is 4.98 Å². The van der Waals surface area contributed by atoms with Crippen LogP contribution < -0.4 is 5.32 Å². The predicted octanol–water partition coefficient (Wildman–Crippen LogP) is 4.89. The van der Waals surface area contributed by atoms with Crippen molar-refractivity contribution in [2.45, 2.75) is 46.6 Å². The highest BCUT2D eigenvalue weighted by molar-refractivity contribution is 7.11. The Labute approximate surface area is 119 Å². The largest absolute Gasteiger partial charge is 0.377 e. The summed E-state index contributed by atoms with van der Waals surface area (Å²) in [7, 11) is 0. The summed E-state index contributed by atoms with van der Waals surface area (Å²) >= 11 is 1.77. The van der Waals surface area contributed by atoms with Gasteiger partial charge in [0, 0.05) is 10.6 Å². The van der Waals surface area contributed by atoms with E-state index in [4.69, 9.17) is 0 Å². The number of nitrogens with one attached hydrogen (secondary N) is 1. The lowest BCUT2D eigenvalue weighted by Gasteiger charge is -2.14. The summed E-state index contributed by atoms with van der Waals surface area (Å²) in [5.74, 6) is 0. The summed E-state index contributed by atoms with van der Waals surface area (Å²) in [4.78, 5) is 5.91. The molecule has 102 valence electrons. The van der Waals surface area contributed by atoms with Gasteiger partial charge < -0.3 is 5.32 Å². The molecule has 1 unspecified atom stereocenters. The average molecular weight is 274 g/mol. The Morgan fingerprint density at radius 2 is 1.89 bits per heavy atom. The Kier molecular flexibility index (Phi) is 4.59. The van der Waals surface area contributed by atoms with Crippen molar-refractivity contribution in [2.75, 3.05) is 5.32 Å². The second-order valence-electron chi connectivity index (χ2n) is 4.99. The molecule has 3 heteroatoms. The summed E-state index contributed by atoms with van der Waals surface area (Å²) in [5.41, 5.74) is 3.74. The molecular weight excluding hydrogens is 252 g/mol. The molecule has 1 atom stereocenters. The maximum atomic E-state index is 4.61. The molecule has 0 amide bonds. The zero-order valence-corrected chi connectivity index (χ0v) is 13.0. The van der Waals surface area contributed by atoms with Gasteiger partial charge in [-0.2, -0.15) is 0 Å². The molecule has 0 fully saturated rings. The van der Waals surface area contributed by atoms with Crippen molar-refractivity contribution in [3.05, 3.63) is 45.4 Å². The molecule has 2 aromatic rings. The maximum Gasteiger partial charge on any atom is 0.0901 e. The fourth-order valence-corrected chi connectivity index (χ4v) is 3.24. The molecule has 0 aliphatic heterocycles. The molecule has 1 aromatic carbocycles. The van der Waals surface area contributed by atoms with Crippen LogP contribution in [0.5, 0.6) is 0 Å². The van der Waals surface area contributed by atoms with Gasteiger partial charge in [-0.05, 0) is 44.9 Å². The maximum absolute atomic E-state index is 4.61. The van der Waals surface area contributed by atoms with Gasteiger partial charge in [-0.3, -0.25) is 0 Å². The van der Waals surface area contributed by atoms with E-state index in [0.717, 1.165) is 17.1 Å². The van der Waals surface area contributed by atoms with Gasteiger partial charge in [-0.25, -0.2) is 4.98 Å². The van der Waals surface area contributed by atoms with Crippen molar-refractivity contribution >= 4 is 17.0 Å². The van der Waals surface area contributed by atoms with E-state index in [1.807, 2.05) is 0 Å². The standard InChI is InChI=1S/C16H22N2S/c1-5-6-14-7-9-15(10-8-14)17-11(2)16-12(3)19-13(4)18-16/h7-11,17H,5-6H2,1-4H3. The highest BCUT2D eigenvalue weighted by Gasteiger charge is 2.12. The minimum Gasteiger partial charge on any atom is -0.377 e. The monoisotopic (exact) mass is 274 g/mol. The zero-order valence-electron chi connectivity index (χ0n) is 12.2. The van der Waals surface area contributed by atoms with Crippen LogP contribution in [0.3, 0.4) is 0 Å². The molecule has 1 N–H and O–H groups in total. The summed E-state index contributed by atoms with van der Waals surface area (Å²) < 4.78 is 0. The van der Waals surface area contributed by atoms with Gasteiger partial charge in [-0.1, -0.05) is 25.5 Å². The lowest BCUT2D eigenvalue weighted by Crippen LogP contribution is -2.08. The van der Waals surface area contributed by atoms with Crippen molar-refractivity contribution < 1.29 is 0 Å². The third-order valence-electron chi connectivity index (χ3n) is 3.23. The highest BCUT2D eigenvalue weighted by Crippen LogP contribution is 2.25. The lowest BCUT2D eigenvalue weighted by atomic mass is 10.1. The molecule has 0 saturated carbocycles. The van der Waals surface area contributed by atoms with Gasteiger partial charge in [-0.15, -0.1) is 11.3 Å². The first kappa shape index (κ1) is 14.1. The number of aryl methyl sites for hydroxylation is 3. The fraction of sp³-hybridized carbons (Fsp3) is 0.438. The molecule has 2 nitrogen and oxygen atoms in total. The van der Waals surface area contributed by atoms with E-state index in [9.17, 15) is 0 Å². The first-order valence-electron chi connectivity index (χ1n) is 6.89. The van der Waals surface area contributed by atoms with Gasteiger partial charge in [0.15, 0.2) is 0 Å². The minimum atomic E-state index is 0.252. The van der Waals surface area contributed by atoms with Crippen LogP contribution in [0.1, 0.15) is 47.5 Å². The molecule has 2 rings (SSSR count). The molecule has 0 radical (unpaired) electrons. The van der Waals surface area contributed by atoms with Gasteiger partial charge >= 0.3 is 0 Å². The number of aromatic nitrogens is 1. The van der Waals surface area contributed by atoms with Crippen molar-refractivity contribution in [3.63, 3.8) is 0 Å². The van der Waals surface area contributed by atoms with Crippen molar-refractivity contribution in [1.82, 2.24) is 4.98 Å². The first-order valence-corrected chi connectivity index (χ1v) is 7.71. The summed E-state index contributed by atoms with van der Waals surface area (Å²) in [6, 6.07) is 8.99. The predicted molar refractivity (Wildman–Crippen MR) is 84.1 cm³/mol. The van der Waals surface area contributed by atoms with Gasteiger partial charge in [0.2, 0.25) is 0 Å². The smallest absolute Gasteiger partial charge is 0.0901 e. The van der Waals surface area contributed by atoms with E-state index in [2.05, 4.69) is 62.3 Å². The number of thiazole rings is 1. The SMILES string of the molecule is CCCc1ccc(NC(C)c2nc(C)sc2C)cc1. The molecule has 1 heterocycles. The van der Waals surface area contributed by atoms with Crippen LogP contribution in [0.2, 0.25) is 0 Å². The van der Waals surface area contributed by atoms with E-state index >= 15 is 0 Å². The van der Waals surface area contributed by atoms with Gasteiger partial charge in [0.25, 0.3) is 0 Å². The number of hydrogen-bond donors (Lipinski definition) is 1. The fourth-order valence-electron chi connectivity index (χ4n) is 2.32. The van der Waals surface area contributed by atoms with Crippen LogP contribution in [-0.2, 0) is 6.42 Å². The number of benzene rings is 1. The summed E-state index contributed by atoms with van der Waals surface area (Å²) in [6.45, 7) is 8.58. The topological polar surface area (TPSA) is 24.9 Å². The van der Waals surface area contributed by atoms with E-state index in [0.29, 0.717) is 0 Å². The lowest BCUT2D eigenvalue weighted by molar-refractivity contribution is 0.836. The Morgan fingerprint density at radius 3 is 2.42 bits per heavy atom. The molecule has 0 saturated heterocycles. The number of anilines is 1.